The summed E-state index contributed by atoms with van der Waals surface area (Å²) in [6.45, 7) is 7.28. The highest BCUT2D eigenvalue weighted by atomic mass is 16.6. The first kappa shape index (κ1) is 21.1. The van der Waals surface area contributed by atoms with Gasteiger partial charge in [-0.25, -0.2) is 9.59 Å². The second-order valence-corrected chi connectivity index (χ2v) is 6.65. The van der Waals surface area contributed by atoms with Crippen molar-refractivity contribution in [3.8, 4) is 23.0 Å². The maximum atomic E-state index is 12.2. The molecule has 0 atom stereocenters. The minimum absolute atomic E-state index is 0.103. The van der Waals surface area contributed by atoms with Crippen molar-refractivity contribution in [3.05, 3.63) is 24.3 Å². The van der Waals surface area contributed by atoms with Gasteiger partial charge in [0.25, 0.3) is 0 Å². The number of methoxy groups -OCH3 is 2. The fourth-order valence-corrected chi connectivity index (χ4v) is 2.62. The molecule has 0 aliphatic rings. The summed E-state index contributed by atoms with van der Waals surface area (Å²) in [5.74, 6) is 0.634. The first-order chi connectivity index (χ1) is 13.3. The molecule has 28 heavy (non-hydrogen) atoms. The summed E-state index contributed by atoms with van der Waals surface area (Å²) >= 11 is 0. The van der Waals surface area contributed by atoms with Gasteiger partial charge in [0, 0.05) is 22.9 Å². The molecule has 8 heteroatoms. The lowest BCUT2D eigenvalue weighted by atomic mass is 10.1. The van der Waals surface area contributed by atoms with Crippen molar-refractivity contribution >= 4 is 23.0 Å². The third kappa shape index (κ3) is 4.76. The van der Waals surface area contributed by atoms with Gasteiger partial charge in [-0.3, -0.25) is 0 Å². The van der Waals surface area contributed by atoms with Crippen LogP contribution in [0.4, 0.5) is 9.59 Å². The molecule has 2 aromatic rings. The number of amides is 2. The molecule has 0 bridgehead atoms. The summed E-state index contributed by atoms with van der Waals surface area (Å²) in [5, 5.41) is 6.39. The van der Waals surface area contributed by atoms with Crippen molar-refractivity contribution in [2.75, 3.05) is 14.2 Å². The Morgan fingerprint density at radius 1 is 0.714 bits per heavy atom. The predicted octanol–water partition coefficient (Wildman–Crippen LogP) is 3.85. The number of hydrogen-bond donors (Lipinski definition) is 2. The van der Waals surface area contributed by atoms with Crippen LogP contribution in [0.5, 0.6) is 23.0 Å². The topological polar surface area (TPSA) is 95.1 Å². The van der Waals surface area contributed by atoms with E-state index >= 15 is 0 Å². The number of nitrogens with one attached hydrogen (secondary N) is 2. The quantitative estimate of drug-likeness (QED) is 0.778. The van der Waals surface area contributed by atoms with Crippen LogP contribution in [0.25, 0.3) is 10.8 Å². The van der Waals surface area contributed by atoms with Crippen LogP contribution in [0.2, 0.25) is 0 Å². The molecule has 152 valence electrons. The Labute approximate surface area is 164 Å². The fraction of sp³-hybridized carbons (Fsp3) is 0.400. The molecule has 0 fully saturated rings. The fourth-order valence-electron chi connectivity index (χ4n) is 2.62. The molecule has 0 aliphatic heterocycles. The van der Waals surface area contributed by atoms with E-state index in [0.717, 1.165) is 0 Å². The van der Waals surface area contributed by atoms with Crippen molar-refractivity contribution in [2.24, 2.45) is 0 Å². The Bertz CT molecular complexity index is 793. The smallest absolute Gasteiger partial charge is 0.412 e. The van der Waals surface area contributed by atoms with E-state index in [1.165, 1.54) is 14.2 Å². The Kier molecular flexibility index (Phi) is 6.92. The zero-order chi connectivity index (χ0) is 20.8. The van der Waals surface area contributed by atoms with Gasteiger partial charge in [-0.15, -0.1) is 0 Å². The highest BCUT2D eigenvalue weighted by Crippen LogP contribution is 2.51. The molecule has 2 aromatic carbocycles. The summed E-state index contributed by atoms with van der Waals surface area (Å²) in [6, 6.07) is 6.83. The number of benzene rings is 2. The van der Waals surface area contributed by atoms with Gasteiger partial charge in [0.15, 0.2) is 11.5 Å². The first-order valence-electron chi connectivity index (χ1n) is 8.91. The van der Waals surface area contributed by atoms with Crippen molar-refractivity contribution in [2.45, 2.75) is 39.8 Å². The molecule has 2 N–H and O–H groups in total. The first-order valence-corrected chi connectivity index (χ1v) is 8.91. The van der Waals surface area contributed by atoms with Crippen LogP contribution in [-0.2, 0) is 0 Å². The molecular formula is C20H26N2O6. The van der Waals surface area contributed by atoms with E-state index in [1.54, 1.807) is 24.3 Å². The number of ether oxygens (including phenoxy) is 4. The van der Waals surface area contributed by atoms with Gasteiger partial charge in [-0.1, -0.05) is 24.3 Å². The van der Waals surface area contributed by atoms with Crippen LogP contribution < -0.4 is 29.6 Å². The number of rotatable bonds is 6. The second kappa shape index (κ2) is 9.16. The van der Waals surface area contributed by atoms with Crippen LogP contribution in [0.3, 0.4) is 0 Å². The Hall–Kier alpha value is -3.16. The van der Waals surface area contributed by atoms with Crippen molar-refractivity contribution in [1.29, 1.82) is 0 Å². The van der Waals surface area contributed by atoms with Crippen molar-refractivity contribution < 1.29 is 28.5 Å². The van der Waals surface area contributed by atoms with Gasteiger partial charge in [-0.2, -0.15) is 0 Å². The van der Waals surface area contributed by atoms with E-state index in [4.69, 9.17) is 18.9 Å². The van der Waals surface area contributed by atoms with Crippen LogP contribution in [-0.4, -0.2) is 38.5 Å². The average molecular weight is 390 g/mol. The minimum atomic E-state index is -0.633. The SMILES string of the molecule is COc1c(OC)c(OC(=O)NC(C)C)c2ccccc2c1OC(=O)NC(C)C. The maximum absolute atomic E-state index is 12.2. The van der Waals surface area contributed by atoms with Crippen molar-refractivity contribution in [1.82, 2.24) is 10.6 Å². The second-order valence-electron chi connectivity index (χ2n) is 6.65. The molecule has 2 rings (SSSR count). The summed E-state index contributed by atoms with van der Waals surface area (Å²) in [6.07, 6.45) is -1.27. The summed E-state index contributed by atoms with van der Waals surface area (Å²) in [4.78, 5) is 24.4. The van der Waals surface area contributed by atoms with E-state index in [1.807, 2.05) is 27.7 Å². The molecule has 0 radical (unpaired) electrons. The highest BCUT2D eigenvalue weighted by molar-refractivity contribution is 6.01. The number of fused-ring (bicyclic) bond motifs is 1. The molecule has 0 heterocycles. The van der Waals surface area contributed by atoms with Gasteiger partial charge in [0.2, 0.25) is 11.5 Å². The van der Waals surface area contributed by atoms with E-state index in [9.17, 15) is 9.59 Å². The number of hydrogen-bond acceptors (Lipinski definition) is 6. The molecule has 0 aliphatic carbocycles. The molecule has 8 nitrogen and oxygen atoms in total. The standard InChI is InChI=1S/C20H26N2O6/c1-11(2)21-19(23)27-15-13-9-7-8-10-14(13)16(18(26-6)17(15)25-5)28-20(24)22-12(3)4/h7-12H,1-6H3,(H,21,23)(H,22,24). The lowest BCUT2D eigenvalue weighted by Gasteiger charge is -2.20. The van der Waals surface area contributed by atoms with E-state index in [0.29, 0.717) is 10.8 Å². The molecule has 0 unspecified atom stereocenters. The molecule has 0 saturated carbocycles. The van der Waals surface area contributed by atoms with Crippen molar-refractivity contribution in [3.63, 3.8) is 0 Å². The normalized spacial score (nSPS) is 10.7. The number of carbonyl (C=O) groups excluding carboxylic acids is 2. The van der Waals surface area contributed by atoms with Crippen LogP contribution in [0, 0.1) is 0 Å². The Morgan fingerprint density at radius 2 is 1.07 bits per heavy atom. The predicted molar refractivity (Wildman–Crippen MR) is 106 cm³/mol. The molecule has 0 spiro atoms. The van der Waals surface area contributed by atoms with Gasteiger partial charge in [-0.05, 0) is 27.7 Å². The van der Waals surface area contributed by atoms with Gasteiger partial charge in [0.1, 0.15) is 0 Å². The van der Waals surface area contributed by atoms with Gasteiger partial charge in [0.05, 0.1) is 14.2 Å². The average Bonchev–Trinajstić information content (AvgIpc) is 2.61. The number of carbonyl (C=O) groups is 2. The van der Waals surface area contributed by atoms with E-state index in [2.05, 4.69) is 10.6 Å². The minimum Gasteiger partial charge on any atom is -0.490 e. The molecule has 0 aromatic heterocycles. The summed E-state index contributed by atoms with van der Waals surface area (Å²) < 4.78 is 21.9. The van der Waals surface area contributed by atoms with Gasteiger partial charge >= 0.3 is 12.2 Å². The van der Waals surface area contributed by atoms with E-state index in [-0.39, 0.29) is 35.1 Å². The Balaban J connectivity index is 2.64. The zero-order valence-electron chi connectivity index (χ0n) is 16.9. The summed E-state index contributed by atoms with van der Waals surface area (Å²) in [5.41, 5.74) is 0. The monoisotopic (exact) mass is 390 g/mol. The lowest BCUT2D eigenvalue weighted by molar-refractivity contribution is 0.192. The maximum Gasteiger partial charge on any atom is 0.412 e. The van der Waals surface area contributed by atoms with E-state index < -0.39 is 12.2 Å². The Morgan fingerprint density at radius 3 is 1.36 bits per heavy atom. The summed E-state index contributed by atoms with van der Waals surface area (Å²) in [7, 11) is 2.83. The largest absolute Gasteiger partial charge is 0.490 e. The molecule has 0 saturated heterocycles. The highest BCUT2D eigenvalue weighted by Gasteiger charge is 2.27. The third-order valence-corrected chi connectivity index (χ3v) is 3.65. The molecule has 2 amide bonds. The van der Waals surface area contributed by atoms with Gasteiger partial charge < -0.3 is 29.6 Å². The third-order valence-electron chi connectivity index (χ3n) is 3.65. The zero-order valence-corrected chi connectivity index (χ0v) is 16.9. The lowest BCUT2D eigenvalue weighted by Crippen LogP contribution is -2.33. The van der Waals surface area contributed by atoms with Crippen LogP contribution in [0.15, 0.2) is 24.3 Å². The van der Waals surface area contributed by atoms with Crippen LogP contribution >= 0.6 is 0 Å². The van der Waals surface area contributed by atoms with Crippen LogP contribution in [0.1, 0.15) is 27.7 Å². The molecular weight excluding hydrogens is 364 g/mol.